The van der Waals surface area contributed by atoms with Crippen molar-refractivity contribution in [2.45, 2.75) is 59.0 Å². The number of ether oxygens (including phenoxy) is 4. The molecule has 0 N–H and O–H groups in total. The van der Waals surface area contributed by atoms with Crippen molar-refractivity contribution < 1.29 is 42.9 Å². The second kappa shape index (κ2) is 9.16. The average molecular weight is 373 g/mol. The first-order valence-electron chi connectivity index (χ1n) is 7.95. The summed E-state index contributed by atoms with van der Waals surface area (Å²) < 4.78 is 20.8. The van der Waals surface area contributed by atoms with Gasteiger partial charge in [0.25, 0.3) is 0 Å². The van der Waals surface area contributed by atoms with E-state index in [4.69, 9.17) is 18.9 Å². The Bertz CT molecular complexity index is 544. The van der Waals surface area contributed by atoms with Crippen LogP contribution in [0.1, 0.15) is 34.6 Å². The Hall–Kier alpha value is -2.65. The molecule has 0 aromatic carbocycles. The molecule has 10 heteroatoms. The summed E-state index contributed by atoms with van der Waals surface area (Å²) in [6.07, 6.45) is -4.72. The first-order valence-corrected chi connectivity index (χ1v) is 7.95. The van der Waals surface area contributed by atoms with E-state index in [2.05, 4.69) is 0 Å². The van der Waals surface area contributed by atoms with Gasteiger partial charge < -0.3 is 23.8 Å². The van der Waals surface area contributed by atoms with Crippen LogP contribution in [0.3, 0.4) is 0 Å². The topological polar surface area (TPSA) is 126 Å². The van der Waals surface area contributed by atoms with Crippen molar-refractivity contribution in [3.05, 3.63) is 0 Å². The highest BCUT2D eigenvalue weighted by atomic mass is 16.6. The molecule has 1 rings (SSSR count). The Morgan fingerprint density at radius 3 is 1.15 bits per heavy atom. The van der Waals surface area contributed by atoms with E-state index in [1.807, 2.05) is 0 Å². The summed E-state index contributed by atoms with van der Waals surface area (Å²) in [5.74, 6) is -3.18. The molecule has 1 saturated heterocycles. The van der Waals surface area contributed by atoms with Crippen LogP contribution in [0.2, 0.25) is 0 Å². The summed E-state index contributed by atoms with van der Waals surface area (Å²) in [4.78, 5) is 59.2. The smallest absolute Gasteiger partial charge is 0.303 e. The van der Waals surface area contributed by atoms with Gasteiger partial charge >= 0.3 is 23.9 Å². The van der Waals surface area contributed by atoms with E-state index in [9.17, 15) is 24.0 Å². The lowest BCUT2D eigenvalue weighted by Crippen LogP contribution is -2.51. The van der Waals surface area contributed by atoms with E-state index in [0.717, 1.165) is 27.7 Å². The molecule has 10 nitrogen and oxygen atoms in total. The third-order valence-corrected chi connectivity index (χ3v) is 3.54. The highest BCUT2D eigenvalue weighted by Gasteiger charge is 2.47. The zero-order valence-corrected chi connectivity index (χ0v) is 15.3. The number of amides is 1. The minimum Gasteiger partial charge on any atom is -0.457 e. The zero-order valence-electron chi connectivity index (χ0n) is 15.3. The van der Waals surface area contributed by atoms with Crippen molar-refractivity contribution in [1.82, 2.24) is 4.90 Å². The van der Waals surface area contributed by atoms with E-state index >= 15 is 0 Å². The van der Waals surface area contributed by atoms with Gasteiger partial charge in [-0.1, -0.05) is 0 Å². The third kappa shape index (κ3) is 6.34. The first-order chi connectivity index (χ1) is 12.0. The molecule has 146 valence electrons. The van der Waals surface area contributed by atoms with Gasteiger partial charge in [-0.05, 0) is 0 Å². The molecular formula is C16H23NO9. The van der Waals surface area contributed by atoms with Crippen LogP contribution in [0.25, 0.3) is 0 Å². The van der Waals surface area contributed by atoms with Crippen LogP contribution in [0, 0.1) is 0 Å². The number of hydrogen-bond acceptors (Lipinski definition) is 9. The number of carbonyl (C=O) groups excluding carboxylic acids is 5. The Morgan fingerprint density at radius 2 is 0.923 bits per heavy atom. The van der Waals surface area contributed by atoms with Crippen molar-refractivity contribution in [2.75, 3.05) is 13.1 Å². The maximum Gasteiger partial charge on any atom is 0.303 e. The molecule has 0 unspecified atom stereocenters. The molecule has 0 spiro atoms. The number of nitrogens with zero attached hydrogens (tertiary/aromatic N) is 1. The summed E-state index contributed by atoms with van der Waals surface area (Å²) in [5.41, 5.74) is 0. The Kier molecular flexibility index (Phi) is 7.54. The van der Waals surface area contributed by atoms with Crippen LogP contribution < -0.4 is 0 Å². The van der Waals surface area contributed by atoms with Crippen LogP contribution in [0.15, 0.2) is 0 Å². The zero-order chi connectivity index (χ0) is 20.0. The van der Waals surface area contributed by atoms with Gasteiger partial charge in [-0.3, -0.25) is 24.0 Å². The highest BCUT2D eigenvalue weighted by molar-refractivity contribution is 5.74. The first kappa shape index (κ1) is 21.4. The van der Waals surface area contributed by atoms with Crippen molar-refractivity contribution in [3.8, 4) is 0 Å². The second-order valence-electron chi connectivity index (χ2n) is 5.87. The summed E-state index contributed by atoms with van der Waals surface area (Å²) in [6, 6.07) is 0. The summed E-state index contributed by atoms with van der Waals surface area (Å²) in [6.45, 7) is 5.60. The molecule has 0 bridgehead atoms. The van der Waals surface area contributed by atoms with Gasteiger partial charge in [-0.15, -0.1) is 0 Å². The largest absolute Gasteiger partial charge is 0.457 e. The van der Waals surface area contributed by atoms with Gasteiger partial charge in [-0.2, -0.15) is 0 Å². The van der Waals surface area contributed by atoms with Gasteiger partial charge in [0.05, 0.1) is 13.1 Å². The number of rotatable bonds is 4. The van der Waals surface area contributed by atoms with Gasteiger partial charge in [-0.25, -0.2) is 0 Å². The fraction of sp³-hybridized carbons (Fsp3) is 0.688. The fourth-order valence-electron chi connectivity index (χ4n) is 2.70. The van der Waals surface area contributed by atoms with Gasteiger partial charge in [0.1, 0.15) is 0 Å². The second-order valence-corrected chi connectivity index (χ2v) is 5.87. The van der Waals surface area contributed by atoms with E-state index in [1.165, 1.54) is 11.8 Å². The number of esters is 4. The minimum atomic E-state index is -1.26. The van der Waals surface area contributed by atoms with Gasteiger partial charge in [0.2, 0.25) is 5.91 Å². The molecule has 1 amide bonds. The molecule has 0 saturated carbocycles. The molecule has 0 aromatic rings. The highest BCUT2D eigenvalue weighted by Crippen LogP contribution is 2.24. The Labute approximate surface area is 150 Å². The van der Waals surface area contributed by atoms with Crippen LogP contribution in [-0.2, 0) is 42.9 Å². The van der Waals surface area contributed by atoms with Gasteiger partial charge in [0.15, 0.2) is 24.4 Å². The fourth-order valence-corrected chi connectivity index (χ4v) is 2.70. The lowest BCUT2D eigenvalue weighted by atomic mass is 10.0. The summed E-state index contributed by atoms with van der Waals surface area (Å²) >= 11 is 0. The van der Waals surface area contributed by atoms with E-state index in [1.54, 1.807) is 0 Å². The standard InChI is InChI=1S/C16H23NO9/c1-8(18)17-6-13(23-9(2)19)15(25-11(4)21)16(26-12(5)22)14(7-17)24-10(3)20/h13-16H,6-7H2,1-5H3/t13-,14-,15-,16-/m1/s1. The Morgan fingerprint density at radius 1 is 0.615 bits per heavy atom. The Balaban J connectivity index is 3.38. The quantitative estimate of drug-likeness (QED) is 0.477. The van der Waals surface area contributed by atoms with Gasteiger partial charge in [0, 0.05) is 34.6 Å². The number of carbonyl (C=O) groups is 5. The minimum absolute atomic E-state index is 0.123. The molecule has 1 heterocycles. The molecular weight excluding hydrogens is 350 g/mol. The van der Waals surface area contributed by atoms with Crippen molar-refractivity contribution in [2.24, 2.45) is 0 Å². The SMILES string of the molecule is CC(=O)O[C@H]1[C@H](OC(C)=O)[C@H](OC(C)=O)CN(C(C)=O)C[C@H]1OC(C)=O. The number of hydrogen-bond donors (Lipinski definition) is 0. The molecule has 0 aliphatic carbocycles. The van der Waals surface area contributed by atoms with Crippen molar-refractivity contribution >= 4 is 29.8 Å². The van der Waals surface area contributed by atoms with Crippen LogP contribution in [0.4, 0.5) is 0 Å². The lowest BCUT2D eigenvalue weighted by molar-refractivity contribution is -0.193. The number of likely N-dealkylation sites (tertiary alicyclic amines) is 1. The monoisotopic (exact) mass is 373 g/mol. The third-order valence-electron chi connectivity index (χ3n) is 3.54. The summed E-state index contributed by atoms with van der Waals surface area (Å²) in [7, 11) is 0. The van der Waals surface area contributed by atoms with E-state index in [0.29, 0.717) is 0 Å². The molecule has 1 fully saturated rings. The van der Waals surface area contributed by atoms with E-state index in [-0.39, 0.29) is 19.0 Å². The molecule has 1 aliphatic rings. The predicted molar refractivity (Wildman–Crippen MR) is 84.5 cm³/mol. The molecule has 0 aromatic heterocycles. The van der Waals surface area contributed by atoms with Crippen LogP contribution >= 0.6 is 0 Å². The maximum atomic E-state index is 11.9. The van der Waals surface area contributed by atoms with Crippen LogP contribution in [-0.4, -0.2) is 72.2 Å². The molecule has 1 aliphatic heterocycles. The lowest BCUT2D eigenvalue weighted by Gasteiger charge is -2.32. The molecule has 0 radical (unpaired) electrons. The normalized spacial score (nSPS) is 25.5. The molecule has 4 atom stereocenters. The molecule has 26 heavy (non-hydrogen) atoms. The predicted octanol–water partition coefficient (Wildman–Crippen LogP) is -0.425. The van der Waals surface area contributed by atoms with Crippen LogP contribution in [0.5, 0.6) is 0 Å². The average Bonchev–Trinajstić information content (AvgIpc) is 2.57. The summed E-state index contributed by atoms with van der Waals surface area (Å²) in [5, 5.41) is 0. The van der Waals surface area contributed by atoms with Crippen molar-refractivity contribution in [1.29, 1.82) is 0 Å². The maximum absolute atomic E-state index is 11.9. The van der Waals surface area contributed by atoms with Crippen molar-refractivity contribution in [3.63, 3.8) is 0 Å². The van der Waals surface area contributed by atoms with E-state index < -0.39 is 48.3 Å².